The van der Waals surface area contributed by atoms with Crippen molar-refractivity contribution in [2.24, 2.45) is 0 Å². The van der Waals surface area contributed by atoms with E-state index in [0.29, 0.717) is 24.4 Å². The van der Waals surface area contributed by atoms with Crippen LogP contribution in [0.15, 0.2) is 42.5 Å². The molecule has 0 fully saturated rings. The lowest BCUT2D eigenvalue weighted by Crippen LogP contribution is -2.31. The third kappa shape index (κ3) is 6.84. The van der Waals surface area contributed by atoms with E-state index in [1.165, 1.54) is 17.7 Å². The molecule has 0 bridgehead atoms. The highest BCUT2D eigenvalue weighted by atomic mass is 35.5. The molecule has 6 heteroatoms. The van der Waals surface area contributed by atoms with Crippen molar-refractivity contribution in [3.05, 3.63) is 70.8 Å². The van der Waals surface area contributed by atoms with E-state index in [4.69, 9.17) is 0 Å². The summed E-state index contributed by atoms with van der Waals surface area (Å²) >= 11 is 0. The fraction of sp³-hybridized carbons (Fsp3) is 0.400. The molecule has 0 aliphatic carbocycles. The summed E-state index contributed by atoms with van der Waals surface area (Å²) in [5, 5.41) is 13.5. The summed E-state index contributed by atoms with van der Waals surface area (Å²) in [7, 11) is 0. The van der Waals surface area contributed by atoms with E-state index in [1.807, 2.05) is 19.1 Å². The summed E-state index contributed by atoms with van der Waals surface area (Å²) in [5.41, 5.74) is 2.73. The molecule has 2 unspecified atom stereocenters. The molecule has 2 rings (SSSR count). The molecule has 2 aromatic carbocycles. The molecule has 0 saturated heterocycles. The van der Waals surface area contributed by atoms with Crippen LogP contribution in [0.1, 0.15) is 55.8 Å². The van der Waals surface area contributed by atoms with Crippen LogP contribution >= 0.6 is 24.8 Å². The summed E-state index contributed by atoms with van der Waals surface area (Å²) in [4.78, 5) is 0. The smallest absolute Gasteiger partial charge is 0.126 e. The second-order valence-electron chi connectivity index (χ2n) is 6.44. The van der Waals surface area contributed by atoms with Crippen molar-refractivity contribution in [2.45, 2.75) is 51.8 Å². The zero-order valence-corrected chi connectivity index (χ0v) is 16.8. The molecule has 0 aliphatic rings. The van der Waals surface area contributed by atoms with E-state index in [-0.39, 0.29) is 24.8 Å². The maximum atomic E-state index is 13.5. The molecule has 0 spiro atoms. The fourth-order valence-electron chi connectivity index (χ4n) is 2.76. The second kappa shape index (κ2) is 11.5. The van der Waals surface area contributed by atoms with E-state index in [9.17, 15) is 13.9 Å². The predicted octanol–water partition coefficient (Wildman–Crippen LogP) is 5.53. The SMILES string of the molecule is CCC(O)C(NCc1cccc(C(C)C)c1)c1cc(F)cc(F)c1.Cl.Cl. The minimum absolute atomic E-state index is 0. The van der Waals surface area contributed by atoms with E-state index in [0.717, 1.165) is 11.6 Å². The molecule has 26 heavy (non-hydrogen) atoms. The minimum atomic E-state index is -0.723. The Labute approximate surface area is 166 Å². The molecule has 0 aliphatic heterocycles. The largest absolute Gasteiger partial charge is 0.391 e. The third-order valence-corrected chi connectivity index (χ3v) is 4.19. The average molecular weight is 406 g/mol. The fourth-order valence-corrected chi connectivity index (χ4v) is 2.76. The number of hydrogen-bond donors (Lipinski definition) is 2. The van der Waals surface area contributed by atoms with Crippen LogP contribution in [0, 0.1) is 11.6 Å². The highest BCUT2D eigenvalue weighted by molar-refractivity contribution is 5.85. The molecular formula is C20H27Cl2F2NO. The Kier molecular flexibility index (Phi) is 11.0. The van der Waals surface area contributed by atoms with E-state index in [2.05, 4.69) is 31.3 Å². The van der Waals surface area contributed by atoms with Gasteiger partial charge >= 0.3 is 0 Å². The molecule has 146 valence electrons. The molecule has 2 N–H and O–H groups in total. The Balaban J connectivity index is 0.00000312. The first kappa shape index (κ1) is 24.8. The molecule has 0 radical (unpaired) electrons. The topological polar surface area (TPSA) is 32.3 Å². The minimum Gasteiger partial charge on any atom is -0.391 e. The highest BCUT2D eigenvalue weighted by Crippen LogP contribution is 2.23. The van der Waals surface area contributed by atoms with Gasteiger partial charge in [0.1, 0.15) is 11.6 Å². The van der Waals surface area contributed by atoms with Crippen LogP contribution in [0.25, 0.3) is 0 Å². The molecule has 2 nitrogen and oxygen atoms in total. The van der Waals surface area contributed by atoms with Crippen LogP contribution in [0.5, 0.6) is 0 Å². The number of rotatable bonds is 7. The second-order valence-corrected chi connectivity index (χ2v) is 6.44. The van der Waals surface area contributed by atoms with Gasteiger partial charge in [-0.25, -0.2) is 8.78 Å². The van der Waals surface area contributed by atoms with Gasteiger partial charge in [0.05, 0.1) is 12.1 Å². The van der Waals surface area contributed by atoms with Crippen molar-refractivity contribution in [1.29, 1.82) is 0 Å². The Hall–Kier alpha value is -1.20. The van der Waals surface area contributed by atoms with Gasteiger partial charge in [-0.3, -0.25) is 0 Å². The van der Waals surface area contributed by atoms with Crippen molar-refractivity contribution < 1.29 is 13.9 Å². The van der Waals surface area contributed by atoms with Gasteiger partial charge in [-0.05, 0) is 41.2 Å². The van der Waals surface area contributed by atoms with Crippen molar-refractivity contribution in [3.63, 3.8) is 0 Å². The van der Waals surface area contributed by atoms with Crippen molar-refractivity contribution in [2.75, 3.05) is 0 Å². The zero-order chi connectivity index (χ0) is 17.7. The molecular weight excluding hydrogens is 379 g/mol. The number of benzene rings is 2. The first-order valence-electron chi connectivity index (χ1n) is 8.37. The standard InChI is InChI=1S/C20H25F2NO.2ClH/c1-4-19(24)20(16-9-17(21)11-18(22)10-16)23-12-14-6-5-7-15(8-14)13(2)3;;/h5-11,13,19-20,23-24H,4,12H2,1-3H3;2*1H. The Morgan fingerprint density at radius 2 is 1.58 bits per heavy atom. The molecule has 0 aromatic heterocycles. The maximum Gasteiger partial charge on any atom is 0.126 e. The maximum absolute atomic E-state index is 13.5. The quantitative estimate of drug-likeness (QED) is 0.634. The lowest BCUT2D eigenvalue weighted by atomic mass is 9.98. The normalized spacial score (nSPS) is 12.9. The molecule has 2 aromatic rings. The number of aliphatic hydroxyl groups excluding tert-OH is 1. The Morgan fingerprint density at radius 3 is 2.12 bits per heavy atom. The number of aliphatic hydroxyl groups is 1. The Morgan fingerprint density at radius 1 is 0.962 bits per heavy atom. The van der Waals surface area contributed by atoms with E-state index in [1.54, 1.807) is 0 Å². The highest BCUT2D eigenvalue weighted by Gasteiger charge is 2.20. The van der Waals surface area contributed by atoms with Crippen molar-refractivity contribution in [1.82, 2.24) is 5.32 Å². The van der Waals surface area contributed by atoms with Gasteiger partial charge in [0.25, 0.3) is 0 Å². The van der Waals surface area contributed by atoms with E-state index < -0.39 is 23.8 Å². The monoisotopic (exact) mass is 405 g/mol. The summed E-state index contributed by atoms with van der Waals surface area (Å²) in [6, 6.07) is 11.0. The molecule has 0 heterocycles. The van der Waals surface area contributed by atoms with Gasteiger partial charge < -0.3 is 10.4 Å². The average Bonchev–Trinajstić information content (AvgIpc) is 2.54. The number of halogens is 4. The molecule has 2 atom stereocenters. The van der Waals surface area contributed by atoms with Crippen LogP contribution in [-0.2, 0) is 6.54 Å². The van der Waals surface area contributed by atoms with Gasteiger partial charge in [-0.1, -0.05) is 45.0 Å². The molecule has 0 amide bonds. The van der Waals surface area contributed by atoms with Gasteiger partial charge in [0, 0.05) is 12.6 Å². The first-order chi connectivity index (χ1) is 11.4. The first-order valence-corrected chi connectivity index (χ1v) is 8.37. The van der Waals surface area contributed by atoms with Gasteiger partial charge in [0.15, 0.2) is 0 Å². The van der Waals surface area contributed by atoms with Crippen LogP contribution in [0.4, 0.5) is 8.78 Å². The third-order valence-electron chi connectivity index (χ3n) is 4.19. The predicted molar refractivity (Wildman–Crippen MR) is 107 cm³/mol. The summed E-state index contributed by atoms with van der Waals surface area (Å²) in [6.45, 7) is 6.62. The van der Waals surface area contributed by atoms with E-state index >= 15 is 0 Å². The van der Waals surface area contributed by atoms with Gasteiger partial charge in [-0.15, -0.1) is 24.8 Å². The summed E-state index contributed by atoms with van der Waals surface area (Å²) in [6.07, 6.45) is -0.235. The lowest BCUT2D eigenvalue weighted by Gasteiger charge is -2.24. The van der Waals surface area contributed by atoms with Gasteiger partial charge in [-0.2, -0.15) is 0 Å². The zero-order valence-electron chi connectivity index (χ0n) is 15.2. The van der Waals surface area contributed by atoms with Crippen LogP contribution in [0.2, 0.25) is 0 Å². The van der Waals surface area contributed by atoms with Gasteiger partial charge in [0.2, 0.25) is 0 Å². The Bertz CT molecular complexity index is 662. The van der Waals surface area contributed by atoms with Crippen molar-refractivity contribution >= 4 is 24.8 Å². The summed E-state index contributed by atoms with van der Waals surface area (Å²) < 4.78 is 27.0. The van der Waals surface area contributed by atoms with Crippen molar-refractivity contribution in [3.8, 4) is 0 Å². The molecule has 0 saturated carbocycles. The number of nitrogens with one attached hydrogen (secondary N) is 1. The lowest BCUT2D eigenvalue weighted by molar-refractivity contribution is 0.122. The van der Waals surface area contributed by atoms with Crippen LogP contribution in [-0.4, -0.2) is 11.2 Å². The summed E-state index contributed by atoms with van der Waals surface area (Å²) in [5.74, 6) is -0.844. The van der Waals surface area contributed by atoms with Crippen LogP contribution in [0.3, 0.4) is 0 Å². The number of hydrogen-bond acceptors (Lipinski definition) is 2. The van der Waals surface area contributed by atoms with Crippen LogP contribution < -0.4 is 5.32 Å².